The molecule has 47 nitrogen and oxygen atoms in total. The second kappa shape index (κ2) is 53.3. The maximum absolute atomic E-state index is 14.8. The minimum absolute atomic E-state index is 0.00823. The van der Waals surface area contributed by atoms with Crippen molar-refractivity contribution in [3.8, 4) is 0 Å². The van der Waals surface area contributed by atoms with Crippen molar-refractivity contribution in [1.82, 2.24) is 53.2 Å². The number of unbranched alkanes of at least 4 members (excludes halogenated alkanes) is 1. The highest BCUT2D eigenvalue weighted by molar-refractivity contribution is 5.99. The van der Waals surface area contributed by atoms with Gasteiger partial charge in [0.1, 0.15) is 54.4 Å². The zero-order chi connectivity index (χ0) is 79.6. The number of nitrogens with two attached hydrogens (primary N) is 18. The quantitative estimate of drug-likeness (QED) is 0.0153. The summed E-state index contributed by atoms with van der Waals surface area (Å²) in [7, 11) is 0. The maximum Gasteiger partial charge on any atom is 0.243 e. The van der Waals surface area contributed by atoms with Gasteiger partial charge in [0, 0.05) is 52.2 Å². The Morgan fingerprint density at radius 3 is 0.695 bits per heavy atom. The first-order chi connectivity index (χ1) is 49.5. The number of carbonyl (C=O) groups is 12. The number of carbonyl (C=O) groups excluding carboxylic acids is 12. The van der Waals surface area contributed by atoms with Crippen molar-refractivity contribution < 1.29 is 57.5 Å². The topological polar surface area (TPSA) is 880 Å². The van der Waals surface area contributed by atoms with Gasteiger partial charge in [-0.1, -0.05) is 0 Å². The summed E-state index contributed by atoms with van der Waals surface area (Å²) in [5, 5.41) is 25.5. The van der Waals surface area contributed by atoms with Crippen molar-refractivity contribution in [2.75, 3.05) is 58.9 Å². The molecule has 0 aliphatic carbocycles. The van der Waals surface area contributed by atoms with Crippen LogP contribution in [0.2, 0.25) is 0 Å². The van der Waals surface area contributed by atoms with Crippen molar-refractivity contribution in [1.29, 1.82) is 0 Å². The molecule has 0 aliphatic heterocycles. The first kappa shape index (κ1) is 93.5. The van der Waals surface area contributed by atoms with Crippen LogP contribution in [0.15, 0.2) is 34.9 Å². The van der Waals surface area contributed by atoms with Crippen LogP contribution in [0.5, 0.6) is 0 Å². The van der Waals surface area contributed by atoms with E-state index in [9.17, 15) is 57.5 Å². The van der Waals surface area contributed by atoms with Crippen LogP contribution in [-0.4, -0.2) is 232 Å². The molecule has 10 atom stereocenters. The Morgan fingerprint density at radius 1 is 0.276 bits per heavy atom. The van der Waals surface area contributed by atoms with E-state index in [4.69, 9.17) is 103 Å². The number of rotatable bonds is 56. The highest BCUT2D eigenvalue weighted by atomic mass is 16.2. The molecule has 0 spiro atoms. The summed E-state index contributed by atoms with van der Waals surface area (Å²) in [4.78, 5) is 194. The van der Waals surface area contributed by atoms with Crippen LogP contribution in [0.4, 0.5) is 0 Å². The maximum atomic E-state index is 14.8. The second-order valence-electron chi connectivity index (χ2n) is 23.9. The Balaban J connectivity index is 7.77. The molecule has 0 aromatic rings. The average Bonchev–Trinajstić information content (AvgIpc) is 0.865. The lowest BCUT2D eigenvalue weighted by Crippen LogP contribution is -2.60. The predicted octanol–water partition coefficient (Wildman–Crippen LogP) is -13.9. The monoisotopic (exact) mass is 1490 g/mol. The van der Waals surface area contributed by atoms with Gasteiger partial charge in [0.2, 0.25) is 70.9 Å². The molecule has 46 N–H and O–H groups in total. The first-order valence-corrected chi connectivity index (χ1v) is 33.9. The van der Waals surface area contributed by atoms with E-state index in [1.165, 1.54) is 6.92 Å². The fraction of sp³-hybridized carbons (Fsp3) is 0.672. The molecule has 0 rings (SSSR count). The minimum atomic E-state index is -1.73. The third-order valence-corrected chi connectivity index (χ3v) is 14.8. The van der Waals surface area contributed by atoms with Crippen LogP contribution < -0.4 is 156 Å². The summed E-state index contributed by atoms with van der Waals surface area (Å²) in [5.74, 6) is -13.1. The number of guanidine groups is 7. The number of hydrogen-bond donors (Lipinski definition) is 28. The third-order valence-electron chi connectivity index (χ3n) is 14.8. The first-order valence-electron chi connectivity index (χ1n) is 33.9. The van der Waals surface area contributed by atoms with Crippen molar-refractivity contribution >= 4 is 113 Å². The molecular weight excluding hydrogens is 1380 g/mol. The molecule has 12 amide bonds. The SMILES string of the molecule is CC(N)C(=O)NCC(=O)NC(CCCN=C(N)N)C(=O)NC(CCCCN)C(=O)NC(CCCN=C(N)N)C(=O)NC(CCCN=C(N)N)C(=O)NC(CCCN=C(N)N)C(=O)NC(CCC(N)=O)C(=O)NC(CCCN=C(N)N)C(=O)NC(CCCN=C(N)N)C(=O)NC(CCCN=C(N)N)C(N)=O. The fourth-order valence-electron chi connectivity index (χ4n) is 9.49. The largest absolute Gasteiger partial charge is 0.370 e. The van der Waals surface area contributed by atoms with Gasteiger partial charge in [-0.05, 0) is 129 Å². The van der Waals surface area contributed by atoms with E-state index in [0.717, 1.165) is 0 Å². The Hall–Kier alpha value is -11.5. The normalized spacial score (nSPS) is 13.5. The minimum Gasteiger partial charge on any atom is -0.370 e. The van der Waals surface area contributed by atoms with Gasteiger partial charge in [-0.25, -0.2) is 0 Å². The zero-order valence-electron chi connectivity index (χ0n) is 59.5. The fourth-order valence-corrected chi connectivity index (χ4v) is 9.49. The van der Waals surface area contributed by atoms with E-state index in [-0.39, 0.29) is 197 Å². The molecule has 0 saturated carbocycles. The van der Waals surface area contributed by atoms with Gasteiger partial charge in [-0.3, -0.25) is 92.5 Å². The molecule has 0 aliphatic rings. The molecule has 0 heterocycles. The highest BCUT2D eigenvalue weighted by Gasteiger charge is 2.36. The van der Waals surface area contributed by atoms with Crippen LogP contribution in [0.1, 0.15) is 129 Å². The molecule has 105 heavy (non-hydrogen) atoms. The lowest BCUT2D eigenvalue weighted by Gasteiger charge is -2.28. The number of nitrogens with one attached hydrogen (secondary N) is 10. The average molecular weight is 1490 g/mol. The van der Waals surface area contributed by atoms with Gasteiger partial charge in [0.05, 0.1) is 12.6 Å². The third kappa shape index (κ3) is 45.8. The summed E-state index contributed by atoms with van der Waals surface area (Å²) in [6.45, 7) is 0.733. The Labute approximate surface area is 607 Å². The van der Waals surface area contributed by atoms with Gasteiger partial charge in [-0.15, -0.1) is 0 Å². The van der Waals surface area contributed by atoms with Crippen LogP contribution >= 0.6 is 0 Å². The summed E-state index contributed by atoms with van der Waals surface area (Å²) in [6, 6.07) is -14.5. The van der Waals surface area contributed by atoms with E-state index >= 15 is 0 Å². The van der Waals surface area contributed by atoms with Crippen LogP contribution in [0.25, 0.3) is 0 Å². The number of primary amides is 2. The lowest BCUT2D eigenvalue weighted by atomic mass is 10.0. The van der Waals surface area contributed by atoms with E-state index in [1.54, 1.807) is 0 Å². The molecule has 594 valence electrons. The molecule has 0 fully saturated rings. The Morgan fingerprint density at radius 2 is 0.486 bits per heavy atom. The van der Waals surface area contributed by atoms with Crippen LogP contribution in [0, 0.1) is 0 Å². The molecule has 0 radical (unpaired) electrons. The standard InChI is InChI=1S/C58H115N35O12/c1-30(60)43(97)84-29-41(95)85-32(13-5-23-78-53(65)66)44(98)87-33(11-2-3-21-59)46(100)89-35(15-7-25-80-55(69)70)47(101)90-36(16-8-26-81-56(71)72)48(102)91-38(18-10-28-83-58(75)76)50(104)93-39(19-20-40(61)94)51(105)92-37(17-9-27-82-57(73)74)49(103)88-34(14-6-24-79-54(67)68)45(99)86-31(42(62)96)12-4-22-77-52(63)64/h30-39H,2-29,59-60H2,1H3,(H2,61,94)(H2,62,96)(H,84,97)(H,85,95)(H,86,99)(H,87,98)(H,88,103)(H,89,100)(H,90,101)(H,91,102)(H,92,105)(H,93,104)(H4,63,64,77)(H4,65,66,78)(H4,67,68,79)(H4,69,70,80)(H4,71,72,81)(H4,73,74,82)(H4,75,76,83). The highest BCUT2D eigenvalue weighted by Crippen LogP contribution is 2.13. The predicted molar refractivity (Wildman–Crippen MR) is 394 cm³/mol. The molecule has 0 bridgehead atoms. The molecule has 0 aromatic heterocycles. The van der Waals surface area contributed by atoms with Gasteiger partial charge in [-0.2, -0.15) is 0 Å². The van der Waals surface area contributed by atoms with Gasteiger partial charge >= 0.3 is 0 Å². The molecule has 0 saturated heterocycles. The van der Waals surface area contributed by atoms with E-state index in [0.29, 0.717) is 6.42 Å². The smallest absolute Gasteiger partial charge is 0.243 e. The second-order valence-corrected chi connectivity index (χ2v) is 23.9. The lowest BCUT2D eigenvalue weighted by molar-refractivity contribution is -0.136. The van der Waals surface area contributed by atoms with Crippen molar-refractivity contribution in [3.05, 3.63) is 0 Å². The number of aliphatic imine (C=N–C) groups is 7. The number of hydrogen-bond acceptors (Lipinski definition) is 21. The Bertz CT molecular complexity index is 3010. The molecular formula is C58H115N35O12. The zero-order valence-corrected chi connectivity index (χ0v) is 59.5. The number of nitrogens with zero attached hydrogens (tertiary/aromatic N) is 7. The van der Waals surface area contributed by atoms with Crippen molar-refractivity contribution in [2.24, 2.45) is 138 Å². The van der Waals surface area contributed by atoms with E-state index < -0.39 is 151 Å². The number of amides is 12. The molecule has 10 unspecified atom stereocenters. The van der Waals surface area contributed by atoms with Gasteiger partial charge in [0.15, 0.2) is 41.7 Å². The summed E-state index contributed by atoms with van der Waals surface area (Å²) in [6.07, 6.45) is -1.30. The Kier molecular flexibility index (Phi) is 47.4. The molecule has 47 heteroatoms. The molecule has 0 aromatic carbocycles. The van der Waals surface area contributed by atoms with E-state index in [1.807, 2.05) is 0 Å². The summed E-state index contributed by atoms with van der Waals surface area (Å²) >= 11 is 0. The summed E-state index contributed by atoms with van der Waals surface area (Å²) in [5.41, 5.74) is 100. The van der Waals surface area contributed by atoms with E-state index in [2.05, 4.69) is 88.1 Å². The van der Waals surface area contributed by atoms with Gasteiger partial charge < -0.3 is 156 Å². The van der Waals surface area contributed by atoms with Gasteiger partial charge in [0.25, 0.3) is 0 Å². The van der Waals surface area contributed by atoms with Crippen molar-refractivity contribution in [3.63, 3.8) is 0 Å². The van der Waals surface area contributed by atoms with Crippen molar-refractivity contribution in [2.45, 2.75) is 189 Å². The van der Waals surface area contributed by atoms with Crippen LogP contribution in [-0.2, 0) is 57.5 Å². The summed E-state index contributed by atoms with van der Waals surface area (Å²) < 4.78 is 0. The van der Waals surface area contributed by atoms with Crippen LogP contribution in [0.3, 0.4) is 0 Å².